The summed E-state index contributed by atoms with van der Waals surface area (Å²) in [5, 5.41) is 9.51. The number of ether oxygens (including phenoxy) is 1. The second-order valence-corrected chi connectivity index (χ2v) is 9.91. The third-order valence-electron chi connectivity index (χ3n) is 7.05. The van der Waals surface area contributed by atoms with Crippen molar-refractivity contribution in [2.24, 2.45) is 5.73 Å². The summed E-state index contributed by atoms with van der Waals surface area (Å²) in [6, 6.07) is 34.5. The molecule has 7 nitrogen and oxygen atoms in total. The highest BCUT2D eigenvalue weighted by atomic mass is 16.5. The van der Waals surface area contributed by atoms with Gasteiger partial charge in [0.2, 0.25) is 11.8 Å². The van der Waals surface area contributed by atoms with E-state index < -0.39 is 30.0 Å². The Bertz CT molecular complexity index is 1620. The quantitative estimate of drug-likeness (QED) is 0.214. The fourth-order valence-corrected chi connectivity index (χ4v) is 4.99. The Labute approximate surface area is 238 Å². The Morgan fingerprint density at radius 2 is 1.17 bits per heavy atom. The summed E-state index contributed by atoms with van der Waals surface area (Å²) >= 11 is 0. The van der Waals surface area contributed by atoms with Crippen molar-refractivity contribution >= 4 is 39.5 Å². The topological polar surface area (TPSA) is 111 Å². The van der Waals surface area contributed by atoms with Crippen molar-refractivity contribution < 1.29 is 19.1 Å². The van der Waals surface area contributed by atoms with Gasteiger partial charge in [-0.2, -0.15) is 0 Å². The number of primary amides is 1. The molecule has 0 heterocycles. The summed E-state index contributed by atoms with van der Waals surface area (Å²) < 4.78 is 5.37. The molecule has 0 radical (unpaired) electrons. The summed E-state index contributed by atoms with van der Waals surface area (Å²) in [7, 11) is 0. The van der Waals surface area contributed by atoms with E-state index in [9.17, 15) is 14.4 Å². The molecule has 0 aliphatic rings. The number of nitrogens with one attached hydrogen (secondary N) is 2. The Morgan fingerprint density at radius 3 is 1.76 bits per heavy atom. The summed E-state index contributed by atoms with van der Waals surface area (Å²) in [4.78, 5) is 39.0. The van der Waals surface area contributed by atoms with Crippen LogP contribution in [0.2, 0.25) is 0 Å². The molecule has 0 aromatic heterocycles. The van der Waals surface area contributed by atoms with Crippen molar-refractivity contribution in [2.45, 2.75) is 31.5 Å². The second kappa shape index (κ2) is 12.8. The van der Waals surface area contributed by atoms with E-state index in [1.165, 1.54) is 0 Å². The molecule has 0 aliphatic carbocycles. The van der Waals surface area contributed by atoms with E-state index in [0.717, 1.165) is 38.2 Å². The lowest BCUT2D eigenvalue weighted by Gasteiger charge is -2.23. The van der Waals surface area contributed by atoms with Gasteiger partial charge in [0.15, 0.2) is 0 Å². The zero-order chi connectivity index (χ0) is 28.6. The fraction of sp³-hybridized carbons (Fsp3) is 0.147. The predicted octanol–water partition coefficient (Wildman–Crippen LogP) is 5.04. The third-order valence-corrected chi connectivity index (χ3v) is 7.05. The zero-order valence-electron chi connectivity index (χ0n) is 22.5. The van der Waals surface area contributed by atoms with Crippen LogP contribution >= 0.6 is 0 Å². The standard InChI is InChI=1S/C34H31N3O4/c35-32(38)30(21-29-27-17-9-7-15-25(27)20-26-16-8-10-18-28(26)29)36-33(39)31(19-23-11-3-1-4-12-23)37-34(40)41-22-24-13-5-2-6-14-24/h1-18,20,30-31H,19,21-22H2,(H2,35,38)(H,36,39)(H,37,40)/t30-,31-/m1/s1. The van der Waals surface area contributed by atoms with Gasteiger partial charge in [-0.15, -0.1) is 0 Å². The highest BCUT2D eigenvalue weighted by Gasteiger charge is 2.27. The number of benzene rings is 5. The van der Waals surface area contributed by atoms with Crippen molar-refractivity contribution in [1.82, 2.24) is 10.6 Å². The van der Waals surface area contributed by atoms with Crippen molar-refractivity contribution in [3.8, 4) is 0 Å². The number of amides is 3. The monoisotopic (exact) mass is 545 g/mol. The largest absolute Gasteiger partial charge is 0.445 e. The van der Waals surface area contributed by atoms with E-state index in [4.69, 9.17) is 10.5 Å². The number of hydrogen-bond acceptors (Lipinski definition) is 4. The third kappa shape index (κ3) is 6.89. The summed E-state index contributed by atoms with van der Waals surface area (Å²) in [5.74, 6) is -1.20. The van der Waals surface area contributed by atoms with Crippen LogP contribution in [-0.4, -0.2) is 30.0 Å². The van der Waals surface area contributed by atoms with Crippen molar-refractivity contribution in [3.63, 3.8) is 0 Å². The molecular weight excluding hydrogens is 514 g/mol. The number of hydrogen-bond donors (Lipinski definition) is 3. The number of carbonyl (C=O) groups excluding carboxylic acids is 3. The van der Waals surface area contributed by atoms with Gasteiger partial charge in [0.1, 0.15) is 18.7 Å². The normalized spacial score (nSPS) is 12.4. The Morgan fingerprint density at radius 1 is 0.634 bits per heavy atom. The number of rotatable bonds is 10. The van der Waals surface area contributed by atoms with Gasteiger partial charge >= 0.3 is 6.09 Å². The van der Waals surface area contributed by atoms with Crippen LogP contribution in [0.4, 0.5) is 4.79 Å². The Hall–Kier alpha value is -5.17. The van der Waals surface area contributed by atoms with Gasteiger partial charge in [-0.3, -0.25) is 9.59 Å². The van der Waals surface area contributed by atoms with Gasteiger partial charge in [-0.05, 0) is 44.3 Å². The van der Waals surface area contributed by atoms with Crippen LogP contribution in [0, 0.1) is 0 Å². The van der Waals surface area contributed by atoms with E-state index in [2.05, 4.69) is 16.7 Å². The zero-order valence-corrected chi connectivity index (χ0v) is 22.5. The minimum absolute atomic E-state index is 0.0599. The molecule has 0 aliphatic heterocycles. The Kier molecular flexibility index (Phi) is 8.55. The summed E-state index contributed by atoms with van der Waals surface area (Å²) in [6.07, 6.45) is -0.337. The first-order valence-corrected chi connectivity index (χ1v) is 13.5. The van der Waals surface area contributed by atoms with Crippen LogP contribution in [0.15, 0.2) is 115 Å². The van der Waals surface area contributed by atoms with Crippen molar-refractivity contribution in [3.05, 3.63) is 132 Å². The molecule has 0 spiro atoms. The fourth-order valence-electron chi connectivity index (χ4n) is 4.99. The highest BCUT2D eigenvalue weighted by molar-refractivity contribution is 6.03. The summed E-state index contributed by atoms with van der Waals surface area (Å²) in [5.41, 5.74) is 8.40. The van der Waals surface area contributed by atoms with E-state index in [1.54, 1.807) is 0 Å². The summed E-state index contributed by atoms with van der Waals surface area (Å²) in [6.45, 7) is 0.0599. The lowest BCUT2D eigenvalue weighted by Crippen LogP contribution is -2.54. The van der Waals surface area contributed by atoms with E-state index in [0.29, 0.717) is 0 Å². The number of carbonyl (C=O) groups is 3. The molecule has 5 aromatic rings. The molecule has 5 rings (SSSR count). The average molecular weight is 546 g/mol. The van der Waals surface area contributed by atoms with Crippen molar-refractivity contribution in [1.29, 1.82) is 0 Å². The SMILES string of the molecule is NC(=O)[C@@H](Cc1c2ccccc2cc2ccccc12)NC(=O)[C@@H](Cc1ccccc1)NC(=O)OCc1ccccc1. The van der Waals surface area contributed by atoms with Crippen LogP contribution < -0.4 is 16.4 Å². The molecule has 5 aromatic carbocycles. The highest BCUT2D eigenvalue weighted by Crippen LogP contribution is 2.29. The lowest BCUT2D eigenvalue weighted by molar-refractivity contribution is -0.128. The molecule has 0 fully saturated rings. The van der Waals surface area contributed by atoms with Crippen molar-refractivity contribution in [2.75, 3.05) is 0 Å². The van der Waals surface area contributed by atoms with Gasteiger partial charge in [-0.25, -0.2) is 4.79 Å². The maximum atomic E-state index is 13.6. The van der Waals surface area contributed by atoms with Gasteiger partial charge in [0, 0.05) is 12.8 Å². The Balaban J connectivity index is 1.38. The molecule has 2 atom stereocenters. The minimum Gasteiger partial charge on any atom is -0.445 e. The van der Waals surface area contributed by atoms with Gasteiger partial charge in [-0.1, -0.05) is 109 Å². The van der Waals surface area contributed by atoms with Crippen LogP contribution in [0.5, 0.6) is 0 Å². The number of nitrogens with two attached hydrogens (primary N) is 1. The molecule has 7 heteroatoms. The number of fused-ring (bicyclic) bond motifs is 2. The van der Waals surface area contributed by atoms with Gasteiger partial charge in [0.05, 0.1) is 0 Å². The lowest BCUT2D eigenvalue weighted by atomic mass is 9.92. The molecule has 206 valence electrons. The van der Waals surface area contributed by atoms with Gasteiger partial charge in [0.25, 0.3) is 0 Å². The molecule has 0 bridgehead atoms. The van der Waals surface area contributed by atoms with Gasteiger partial charge < -0.3 is 21.1 Å². The van der Waals surface area contributed by atoms with Crippen LogP contribution in [0.1, 0.15) is 16.7 Å². The first-order valence-electron chi connectivity index (χ1n) is 13.5. The van der Waals surface area contributed by atoms with E-state index in [1.807, 2.05) is 109 Å². The number of alkyl carbamates (subject to hydrolysis) is 1. The first-order chi connectivity index (χ1) is 20.0. The predicted molar refractivity (Wildman–Crippen MR) is 160 cm³/mol. The second-order valence-electron chi connectivity index (χ2n) is 9.91. The van der Waals surface area contributed by atoms with E-state index >= 15 is 0 Å². The maximum absolute atomic E-state index is 13.6. The minimum atomic E-state index is -1.00. The molecule has 0 saturated carbocycles. The molecule has 4 N–H and O–H groups in total. The average Bonchev–Trinajstić information content (AvgIpc) is 3.00. The van der Waals surface area contributed by atoms with E-state index in [-0.39, 0.29) is 19.4 Å². The molecule has 0 unspecified atom stereocenters. The molecular formula is C34H31N3O4. The van der Waals surface area contributed by atoms with Crippen LogP contribution in [0.25, 0.3) is 21.5 Å². The first kappa shape index (κ1) is 27.4. The molecule has 3 amide bonds. The van der Waals surface area contributed by atoms with Crippen LogP contribution in [-0.2, 0) is 33.8 Å². The molecule has 41 heavy (non-hydrogen) atoms. The van der Waals surface area contributed by atoms with Crippen LogP contribution in [0.3, 0.4) is 0 Å². The maximum Gasteiger partial charge on any atom is 0.408 e. The molecule has 0 saturated heterocycles. The smallest absolute Gasteiger partial charge is 0.408 e.